The molecule has 0 unspecified atom stereocenters. The summed E-state index contributed by atoms with van der Waals surface area (Å²) in [6.07, 6.45) is 9.84. The number of aromatic nitrogens is 4. The third-order valence-corrected chi connectivity index (χ3v) is 7.33. The second kappa shape index (κ2) is 10.3. The van der Waals surface area contributed by atoms with E-state index in [0.717, 1.165) is 76.0 Å². The first-order valence-electron chi connectivity index (χ1n) is 13.4. The molecule has 7 rings (SSSR count). The minimum Gasteiger partial charge on any atom is -0.456 e. The van der Waals surface area contributed by atoms with Gasteiger partial charge in [-0.15, -0.1) is 0 Å². The van der Waals surface area contributed by atoms with Crippen LogP contribution in [0.15, 0.2) is 90.5 Å². The number of hydrogen-bond donors (Lipinski definition) is 2. The Kier molecular flexibility index (Phi) is 6.25. The molecule has 0 bridgehead atoms. The number of imidazole rings is 1. The molecule has 200 valence electrons. The van der Waals surface area contributed by atoms with E-state index in [9.17, 15) is 4.79 Å². The van der Waals surface area contributed by atoms with Crippen LogP contribution in [-0.4, -0.2) is 45.8 Å². The van der Waals surface area contributed by atoms with Crippen molar-refractivity contribution in [2.45, 2.75) is 13.0 Å². The lowest BCUT2D eigenvalue weighted by Crippen LogP contribution is -2.36. The van der Waals surface area contributed by atoms with Crippen LogP contribution in [0.25, 0.3) is 16.9 Å². The summed E-state index contributed by atoms with van der Waals surface area (Å²) in [5, 5.41) is 3.51. The van der Waals surface area contributed by atoms with Crippen LogP contribution in [-0.2, 0) is 17.7 Å². The molecule has 9 heteroatoms. The van der Waals surface area contributed by atoms with Crippen LogP contribution >= 0.6 is 0 Å². The molecular weight excluding hydrogens is 504 g/mol. The lowest BCUT2D eigenvalue weighted by molar-refractivity contribution is 0.122. The fraction of sp³-hybridized carbons (Fsp3) is 0.194. The third-order valence-electron chi connectivity index (χ3n) is 7.33. The minimum atomic E-state index is -0.130. The van der Waals surface area contributed by atoms with Crippen molar-refractivity contribution in [2.24, 2.45) is 0 Å². The lowest BCUT2D eigenvalue weighted by Gasteiger charge is -2.29. The Morgan fingerprint density at radius 2 is 1.88 bits per heavy atom. The first-order valence-corrected chi connectivity index (χ1v) is 13.4. The average Bonchev–Trinajstić information content (AvgIpc) is 3.54. The Hall–Kier alpha value is -4.89. The van der Waals surface area contributed by atoms with Gasteiger partial charge in [0.25, 0.3) is 0 Å². The van der Waals surface area contributed by atoms with Gasteiger partial charge >= 0.3 is 0 Å². The second-order valence-electron chi connectivity index (χ2n) is 9.99. The van der Waals surface area contributed by atoms with Gasteiger partial charge in [-0.2, -0.15) is 0 Å². The van der Waals surface area contributed by atoms with E-state index < -0.39 is 0 Å². The summed E-state index contributed by atoms with van der Waals surface area (Å²) in [5.74, 6) is 1.61. The Morgan fingerprint density at radius 3 is 2.75 bits per heavy atom. The van der Waals surface area contributed by atoms with E-state index in [2.05, 4.69) is 43.4 Å². The minimum absolute atomic E-state index is 0.130. The SMILES string of the molecule is O=c1cc(N2CCOCC2)cc(-c2cccc3c2Oc2ccc(NCc4cncc(-n5ccnc5)c4)cc2C3)[nH]1. The number of pyridine rings is 2. The Morgan fingerprint density at radius 1 is 0.950 bits per heavy atom. The van der Waals surface area contributed by atoms with Gasteiger partial charge in [0.1, 0.15) is 11.5 Å². The summed E-state index contributed by atoms with van der Waals surface area (Å²) in [5.41, 5.74) is 7.64. The average molecular weight is 533 g/mol. The van der Waals surface area contributed by atoms with Crippen molar-refractivity contribution in [1.29, 1.82) is 0 Å². The summed E-state index contributed by atoms with van der Waals surface area (Å²) >= 11 is 0. The van der Waals surface area contributed by atoms with Gasteiger partial charge in [0.05, 0.1) is 37.1 Å². The largest absolute Gasteiger partial charge is 0.456 e. The predicted octanol–water partition coefficient (Wildman–Crippen LogP) is 4.77. The van der Waals surface area contributed by atoms with Gasteiger partial charge in [0.15, 0.2) is 0 Å². The van der Waals surface area contributed by atoms with Gasteiger partial charge in [-0.05, 0) is 47.5 Å². The van der Waals surface area contributed by atoms with Crippen LogP contribution in [0.5, 0.6) is 11.5 Å². The maximum atomic E-state index is 12.6. The van der Waals surface area contributed by atoms with E-state index >= 15 is 0 Å². The molecule has 2 aliphatic heterocycles. The van der Waals surface area contributed by atoms with Gasteiger partial charge in [-0.1, -0.05) is 12.1 Å². The number of ether oxygens (including phenoxy) is 2. The molecule has 0 aliphatic carbocycles. The topological polar surface area (TPSA) is 97.3 Å². The molecule has 0 amide bonds. The molecule has 40 heavy (non-hydrogen) atoms. The van der Waals surface area contributed by atoms with Crippen molar-refractivity contribution >= 4 is 11.4 Å². The molecule has 1 saturated heterocycles. The monoisotopic (exact) mass is 532 g/mol. The molecule has 5 aromatic rings. The predicted molar refractivity (Wildman–Crippen MR) is 154 cm³/mol. The molecule has 0 atom stereocenters. The number of rotatable bonds is 6. The van der Waals surface area contributed by atoms with Gasteiger partial charge in [-0.25, -0.2) is 4.98 Å². The highest BCUT2D eigenvalue weighted by Gasteiger charge is 2.22. The number of morpholine rings is 1. The Balaban J connectivity index is 1.11. The molecule has 2 aromatic carbocycles. The van der Waals surface area contributed by atoms with Crippen molar-refractivity contribution in [3.63, 3.8) is 0 Å². The summed E-state index contributed by atoms with van der Waals surface area (Å²) in [6.45, 7) is 3.50. The molecule has 1 fully saturated rings. The maximum absolute atomic E-state index is 12.6. The highest BCUT2D eigenvalue weighted by atomic mass is 16.5. The van der Waals surface area contributed by atoms with Crippen molar-refractivity contribution in [3.8, 4) is 28.4 Å². The Labute approximate surface area is 231 Å². The van der Waals surface area contributed by atoms with Crippen LogP contribution in [0, 0.1) is 0 Å². The number of para-hydroxylation sites is 1. The van der Waals surface area contributed by atoms with E-state index in [1.54, 1.807) is 18.6 Å². The molecule has 2 N–H and O–H groups in total. The zero-order valence-corrected chi connectivity index (χ0v) is 21.8. The van der Waals surface area contributed by atoms with Gasteiger partial charge < -0.3 is 29.2 Å². The summed E-state index contributed by atoms with van der Waals surface area (Å²) in [7, 11) is 0. The number of aromatic amines is 1. The fourth-order valence-corrected chi connectivity index (χ4v) is 5.30. The van der Waals surface area contributed by atoms with Crippen LogP contribution in [0.1, 0.15) is 16.7 Å². The first-order chi connectivity index (χ1) is 19.7. The first kappa shape index (κ1) is 24.2. The molecule has 0 radical (unpaired) electrons. The van der Waals surface area contributed by atoms with Crippen LogP contribution in [0.4, 0.5) is 11.4 Å². The normalized spacial score (nSPS) is 14.2. The standard InChI is InChI=1S/C31H28N6O3/c38-30-16-25(36-8-10-39-11-9-36)15-28(35-30)27-3-1-2-22-13-23-14-24(4-5-29(23)40-31(22)27)34-18-21-12-26(19-33-17-21)37-7-6-32-20-37/h1-7,12,14-17,19-20,34H,8-11,13,18H2,(H,35,38). The molecule has 5 heterocycles. The quantitative estimate of drug-likeness (QED) is 0.319. The van der Waals surface area contributed by atoms with E-state index in [4.69, 9.17) is 9.47 Å². The lowest BCUT2D eigenvalue weighted by atomic mass is 9.96. The smallest absolute Gasteiger partial charge is 0.250 e. The zero-order chi connectivity index (χ0) is 26.9. The molecule has 0 spiro atoms. The third kappa shape index (κ3) is 4.83. The number of nitrogens with zero attached hydrogens (tertiary/aromatic N) is 4. The number of anilines is 2. The summed E-state index contributed by atoms with van der Waals surface area (Å²) in [6, 6.07) is 18.1. The van der Waals surface area contributed by atoms with E-state index in [0.29, 0.717) is 19.8 Å². The highest BCUT2D eigenvalue weighted by Crippen LogP contribution is 2.43. The van der Waals surface area contributed by atoms with E-state index in [1.807, 2.05) is 53.5 Å². The molecule has 3 aromatic heterocycles. The molecule has 2 aliphatic rings. The molecule has 9 nitrogen and oxygen atoms in total. The van der Waals surface area contributed by atoms with Crippen molar-refractivity contribution < 1.29 is 9.47 Å². The number of hydrogen-bond acceptors (Lipinski definition) is 7. The van der Waals surface area contributed by atoms with Crippen LogP contribution in [0.3, 0.4) is 0 Å². The van der Waals surface area contributed by atoms with Crippen molar-refractivity contribution in [3.05, 3.63) is 113 Å². The van der Waals surface area contributed by atoms with E-state index in [1.165, 1.54) is 0 Å². The van der Waals surface area contributed by atoms with Crippen molar-refractivity contribution in [2.75, 3.05) is 36.5 Å². The number of fused-ring (bicyclic) bond motifs is 2. The zero-order valence-electron chi connectivity index (χ0n) is 21.8. The molecule has 0 saturated carbocycles. The summed E-state index contributed by atoms with van der Waals surface area (Å²) < 4.78 is 13.9. The van der Waals surface area contributed by atoms with Crippen LogP contribution in [0.2, 0.25) is 0 Å². The fourth-order valence-electron chi connectivity index (χ4n) is 5.30. The summed E-state index contributed by atoms with van der Waals surface area (Å²) in [4.78, 5) is 26.3. The number of H-pyrrole nitrogens is 1. The highest BCUT2D eigenvalue weighted by molar-refractivity contribution is 5.74. The molecular formula is C31H28N6O3. The Bertz CT molecular complexity index is 1720. The number of benzene rings is 2. The van der Waals surface area contributed by atoms with Gasteiger partial charge in [0.2, 0.25) is 5.56 Å². The second-order valence-corrected chi connectivity index (χ2v) is 9.99. The number of nitrogens with one attached hydrogen (secondary N) is 2. The van der Waals surface area contributed by atoms with Crippen molar-refractivity contribution in [1.82, 2.24) is 19.5 Å². The van der Waals surface area contributed by atoms with Crippen LogP contribution < -0.4 is 20.5 Å². The maximum Gasteiger partial charge on any atom is 0.250 e. The van der Waals surface area contributed by atoms with E-state index in [-0.39, 0.29) is 5.56 Å². The van der Waals surface area contributed by atoms with Gasteiger partial charge in [0, 0.05) is 73.2 Å². The van der Waals surface area contributed by atoms with Gasteiger partial charge in [-0.3, -0.25) is 9.78 Å².